The highest BCUT2D eigenvalue weighted by Gasteiger charge is 2.36. The molecule has 0 aromatic rings. The first-order valence-corrected chi connectivity index (χ1v) is 12.3. The third-order valence-electron chi connectivity index (χ3n) is 7.10. The molecule has 0 heterocycles. The van der Waals surface area contributed by atoms with Crippen molar-refractivity contribution in [1.29, 1.82) is 0 Å². The summed E-state index contributed by atoms with van der Waals surface area (Å²) in [4.78, 5) is 22.8. The number of hydrogen-bond donors (Lipinski definition) is 2. The average Bonchev–Trinajstić information content (AvgIpc) is 3.38. The molecule has 2 aliphatic carbocycles. The van der Waals surface area contributed by atoms with Crippen molar-refractivity contribution in [1.82, 2.24) is 0 Å². The molecule has 3 unspecified atom stereocenters. The number of aliphatic hydroxyl groups excluding tert-OH is 2. The zero-order valence-electron chi connectivity index (χ0n) is 19.9. The molecule has 2 aliphatic rings. The van der Waals surface area contributed by atoms with Gasteiger partial charge in [0.2, 0.25) is 0 Å². The van der Waals surface area contributed by atoms with Crippen molar-refractivity contribution in [2.75, 3.05) is 7.11 Å². The molecule has 6 nitrogen and oxygen atoms in total. The van der Waals surface area contributed by atoms with Gasteiger partial charge in [-0.3, -0.25) is 4.79 Å². The number of methoxy groups -OCH3 is 1. The minimum absolute atomic E-state index is 0.120. The van der Waals surface area contributed by atoms with E-state index in [1.807, 2.05) is 18.2 Å². The lowest BCUT2D eigenvalue weighted by Gasteiger charge is -2.22. The van der Waals surface area contributed by atoms with Crippen LogP contribution in [0.4, 0.5) is 0 Å². The zero-order valence-corrected chi connectivity index (χ0v) is 19.9. The second-order valence-electron chi connectivity index (χ2n) is 9.48. The maximum atomic E-state index is 11.5. The second-order valence-corrected chi connectivity index (χ2v) is 9.48. The first-order chi connectivity index (χ1) is 15.3. The lowest BCUT2D eigenvalue weighted by Crippen LogP contribution is -2.24. The summed E-state index contributed by atoms with van der Waals surface area (Å²) in [7, 11) is 1.26. The Morgan fingerprint density at radius 3 is 2.59 bits per heavy atom. The molecule has 32 heavy (non-hydrogen) atoms. The predicted molar refractivity (Wildman–Crippen MR) is 124 cm³/mol. The van der Waals surface area contributed by atoms with Gasteiger partial charge in [-0.05, 0) is 62.7 Å². The van der Waals surface area contributed by atoms with E-state index in [1.165, 1.54) is 33.3 Å². The normalized spacial score (nSPS) is 30.1. The van der Waals surface area contributed by atoms with Gasteiger partial charge < -0.3 is 19.7 Å². The molecule has 0 saturated heterocycles. The lowest BCUT2D eigenvalue weighted by atomic mass is 9.89. The maximum absolute atomic E-state index is 11.5. The van der Waals surface area contributed by atoms with Crippen LogP contribution in [-0.4, -0.2) is 47.6 Å². The molecule has 0 amide bonds. The Hall–Kier alpha value is -1.66. The molecule has 0 aromatic carbocycles. The van der Waals surface area contributed by atoms with Crippen LogP contribution in [0.2, 0.25) is 0 Å². The highest BCUT2D eigenvalue weighted by atomic mass is 16.5. The summed E-state index contributed by atoms with van der Waals surface area (Å²) >= 11 is 0. The molecule has 0 bridgehead atoms. The van der Waals surface area contributed by atoms with E-state index in [9.17, 15) is 19.8 Å². The number of hydrogen-bond acceptors (Lipinski definition) is 6. The summed E-state index contributed by atoms with van der Waals surface area (Å²) in [5, 5.41) is 20.4. The molecule has 2 rings (SSSR count). The number of carbonyl (C=O) groups excluding carboxylic acids is 2. The fourth-order valence-corrected chi connectivity index (χ4v) is 5.37. The monoisotopic (exact) mass is 450 g/mol. The molecule has 2 N–H and O–H groups in total. The number of ether oxygens (including phenoxy) is 2. The van der Waals surface area contributed by atoms with Gasteiger partial charge in [-0.25, -0.2) is 4.79 Å². The van der Waals surface area contributed by atoms with Gasteiger partial charge >= 0.3 is 11.9 Å². The summed E-state index contributed by atoms with van der Waals surface area (Å²) in [5.41, 5.74) is 0. The SMILES string of the molecule is CCCC1CCC([C@H](O)C=C[C@H]2CC[C@H](OC(C)=O)[C@@H]2CC=CCCC(O)C(=O)OC)C1. The van der Waals surface area contributed by atoms with Crippen LogP contribution in [0, 0.1) is 23.7 Å². The van der Waals surface area contributed by atoms with Crippen molar-refractivity contribution in [3.63, 3.8) is 0 Å². The van der Waals surface area contributed by atoms with Crippen LogP contribution in [0.1, 0.15) is 78.1 Å². The van der Waals surface area contributed by atoms with Crippen molar-refractivity contribution < 1.29 is 29.3 Å². The number of rotatable bonds is 12. The fourth-order valence-electron chi connectivity index (χ4n) is 5.37. The van der Waals surface area contributed by atoms with Crippen molar-refractivity contribution in [3.05, 3.63) is 24.3 Å². The standard InChI is InChI=1S/C26H42O6/c1-4-8-19-11-12-21(17-19)23(28)15-13-20-14-16-25(32-18(2)27)22(20)9-6-5-7-10-24(29)26(30)31-3/h5-6,13,15,19-25,28-29H,4,7-12,14,16-17H2,1-3H3/t19?,20-,21?,22+,23+,24?,25-/m0/s1. The van der Waals surface area contributed by atoms with E-state index in [4.69, 9.17) is 4.74 Å². The predicted octanol–water partition coefficient (Wildman–Crippen LogP) is 4.34. The van der Waals surface area contributed by atoms with Crippen molar-refractivity contribution >= 4 is 11.9 Å². The topological polar surface area (TPSA) is 93.1 Å². The molecular weight excluding hydrogens is 408 g/mol. The van der Waals surface area contributed by atoms with Gasteiger partial charge in [0, 0.05) is 12.8 Å². The van der Waals surface area contributed by atoms with Crippen LogP contribution in [0.15, 0.2) is 24.3 Å². The van der Waals surface area contributed by atoms with E-state index in [2.05, 4.69) is 17.7 Å². The van der Waals surface area contributed by atoms with Gasteiger partial charge in [0.25, 0.3) is 0 Å². The fraction of sp³-hybridized carbons (Fsp3) is 0.769. The van der Waals surface area contributed by atoms with Crippen LogP contribution >= 0.6 is 0 Å². The highest BCUT2D eigenvalue weighted by Crippen LogP contribution is 2.39. The molecular formula is C26H42O6. The van der Waals surface area contributed by atoms with E-state index >= 15 is 0 Å². The highest BCUT2D eigenvalue weighted by molar-refractivity contribution is 5.74. The quantitative estimate of drug-likeness (QED) is 0.339. The summed E-state index contributed by atoms with van der Waals surface area (Å²) in [5.74, 6) is 0.656. The zero-order chi connectivity index (χ0) is 23.5. The summed E-state index contributed by atoms with van der Waals surface area (Å²) in [6, 6.07) is 0. The average molecular weight is 451 g/mol. The molecule has 182 valence electrons. The van der Waals surface area contributed by atoms with Crippen LogP contribution < -0.4 is 0 Å². The Morgan fingerprint density at radius 2 is 1.91 bits per heavy atom. The number of allylic oxidation sites excluding steroid dienone is 3. The smallest absolute Gasteiger partial charge is 0.334 e. The molecule has 0 radical (unpaired) electrons. The van der Waals surface area contributed by atoms with Gasteiger partial charge in [0.15, 0.2) is 6.10 Å². The Kier molecular flexibility index (Phi) is 11.5. The first kappa shape index (κ1) is 26.6. The molecule has 2 fully saturated rings. The summed E-state index contributed by atoms with van der Waals surface area (Å²) in [6.07, 6.45) is 15.8. The maximum Gasteiger partial charge on any atom is 0.334 e. The molecule has 2 saturated carbocycles. The molecule has 0 aliphatic heterocycles. The first-order valence-electron chi connectivity index (χ1n) is 12.3. The van der Waals surface area contributed by atoms with Crippen molar-refractivity contribution in [3.8, 4) is 0 Å². The number of carbonyl (C=O) groups is 2. The van der Waals surface area contributed by atoms with Crippen LogP contribution in [0.5, 0.6) is 0 Å². The minimum Gasteiger partial charge on any atom is -0.467 e. The lowest BCUT2D eigenvalue weighted by molar-refractivity contribution is -0.150. The van der Waals surface area contributed by atoms with Crippen molar-refractivity contribution in [2.24, 2.45) is 23.7 Å². The van der Waals surface area contributed by atoms with E-state index in [-0.39, 0.29) is 23.9 Å². The summed E-state index contributed by atoms with van der Waals surface area (Å²) in [6.45, 7) is 3.67. The van der Waals surface area contributed by atoms with E-state index in [0.717, 1.165) is 38.0 Å². The Balaban J connectivity index is 1.90. The molecule has 6 heteroatoms. The third-order valence-corrected chi connectivity index (χ3v) is 7.10. The van der Waals surface area contributed by atoms with Crippen LogP contribution in [0.3, 0.4) is 0 Å². The van der Waals surface area contributed by atoms with E-state index in [1.54, 1.807) is 0 Å². The second kappa shape index (κ2) is 13.8. The van der Waals surface area contributed by atoms with E-state index in [0.29, 0.717) is 18.8 Å². The molecule has 7 atom stereocenters. The Bertz CT molecular complexity index is 642. The molecule has 0 aromatic heterocycles. The Morgan fingerprint density at radius 1 is 1.12 bits per heavy atom. The van der Waals surface area contributed by atoms with Gasteiger partial charge in [-0.1, -0.05) is 50.5 Å². The van der Waals surface area contributed by atoms with Gasteiger partial charge in [-0.2, -0.15) is 0 Å². The van der Waals surface area contributed by atoms with Crippen molar-refractivity contribution in [2.45, 2.75) is 96.4 Å². The third kappa shape index (κ3) is 8.36. The van der Waals surface area contributed by atoms with Crippen LogP contribution in [-0.2, 0) is 19.1 Å². The van der Waals surface area contributed by atoms with E-state index < -0.39 is 18.2 Å². The molecule has 0 spiro atoms. The largest absolute Gasteiger partial charge is 0.467 e. The van der Waals surface area contributed by atoms with Gasteiger partial charge in [-0.15, -0.1) is 0 Å². The van der Waals surface area contributed by atoms with Gasteiger partial charge in [0.1, 0.15) is 6.10 Å². The number of esters is 2. The van der Waals surface area contributed by atoms with Gasteiger partial charge in [0.05, 0.1) is 13.2 Å². The summed E-state index contributed by atoms with van der Waals surface area (Å²) < 4.78 is 10.1. The Labute approximate surface area is 193 Å². The minimum atomic E-state index is -1.10. The van der Waals surface area contributed by atoms with Crippen LogP contribution in [0.25, 0.3) is 0 Å². The number of aliphatic hydroxyl groups is 2.